The zero-order valence-corrected chi connectivity index (χ0v) is 18.4. The van der Waals surface area contributed by atoms with Gasteiger partial charge in [0.15, 0.2) is 0 Å². The number of carbonyl (C=O) groups excluding carboxylic acids is 1. The molecule has 3 aromatic rings. The highest BCUT2D eigenvalue weighted by Crippen LogP contribution is 2.35. The van der Waals surface area contributed by atoms with Crippen LogP contribution in [0.4, 0.5) is 5.69 Å². The number of fused-ring (bicyclic) bond motifs is 3. The Balaban J connectivity index is 1.69. The third kappa shape index (κ3) is 3.50. The zero-order valence-electron chi connectivity index (χ0n) is 17.6. The van der Waals surface area contributed by atoms with Gasteiger partial charge in [-0.25, -0.2) is 4.98 Å². The molecule has 5 nitrogen and oxygen atoms in total. The topological polar surface area (TPSA) is 64.0 Å². The Morgan fingerprint density at radius 2 is 1.97 bits per heavy atom. The van der Waals surface area contributed by atoms with Crippen molar-refractivity contribution in [2.45, 2.75) is 59.9 Å². The van der Waals surface area contributed by atoms with Crippen LogP contribution in [0, 0.1) is 26.7 Å². The highest BCUT2D eigenvalue weighted by molar-refractivity contribution is 7.18. The van der Waals surface area contributed by atoms with E-state index in [2.05, 4.69) is 17.2 Å². The van der Waals surface area contributed by atoms with E-state index in [0.29, 0.717) is 11.3 Å². The molecule has 4 rings (SSSR count). The van der Waals surface area contributed by atoms with Crippen LogP contribution >= 0.6 is 11.3 Å². The van der Waals surface area contributed by atoms with Crippen molar-refractivity contribution in [1.29, 1.82) is 0 Å². The Hall–Kier alpha value is -2.47. The van der Waals surface area contributed by atoms with Gasteiger partial charge in [0, 0.05) is 10.6 Å². The van der Waals surface area contributed by atoms with Crippen LogP contribution in [0.1, 0.15) is 53.4 Å². The molecule has 0 saturated heterocycles. The van der Waals surface area contributed by atoms with E-state index in [-0.39, 0.29) is 11.5 Å². The summed E-state index contributed by atoms with van der Waals surface area (Å²) in [7, 11) is 0. The Kier molecular flexibility index (Phi) is 5.07. The lowest BCUT2D eigenvalue weighted by molar-refractivity contribution is -0.118. The zero-order chi connectivity index (χ0) is 20.9. The summed E-state index contributed by atoms with van der Waals surface area (Å²) in [5.41, 5.74) is 5.05. The molecule has 1 aliphatic rings. The van der Waals surface area contributed by atoms with E-state index < -0.39 is 6.04 Å². The van der Waals surface area contributed by atoms with Gasteiger partial charge in [0.25, 0.3) is 5.56 Å². The number of nitrogens with one attached hydrogen (secondary N) is 1. The molecule has 2 heterocycles. The summed E-state index contributed by atoms with van der Waals surface area (Å²) in [6.07, 6.45) is 4.54. The summed E-state index contributed by atoms with van der Waals surface area (Å²) in [6.45, 7) is 10.0. The van der Waals surface area contributed by atoms with Crippen molar-refractivity contribution >= 4 is 33.1 Å². The van der Waals surface area contributed by atoms with Crippen LogP contribution in [0.15, 0.2) is 23.3 Å². The maximum atomic E-state index is 13.3. The Morgan fingerprint density at radius 1 is 1.28 bits per heavy atom. The van der Waals surface area contributed by atoms with Crippen LogP contribution in [0.3, 0.4) is 0 Å². The largest absolute Gasteiger partial charge is 0.324 e. The second kappa shape index (κ2) is 7.41. The number of benzene rings is 1. The Labute approximate surface area is 174 Å². The number of amides is 1. The molecule has 2 atom stereocenters. The minimum Gasteiger partial charge on any atom is -0.324 e. The molecule has 29 heavy (non-hydrogen) atoms. The lowest BCUT2D eigenvalue weighted by atomic mass is 9.89. The molecule has 0 fully saturated rings. The smallest absolute Gasteiger partial charge is 0.263 e. The average Bonchev–Trinajstić information content (AvgIpc) is 3.02. The van der Waals surface area contributed by atoms with Gasteiger partial charge in [-0.2, -0.15) is 0 Å². The van der Waals surface area contributed by atoms with Gasteiger partial charge in [-0.3, -0.25) is 14.2 Å². The maximum absolute atomic E-state index is 13.3. The average molecular weight is 410 g/mol. The Morgan fingerprint density at radius 3 is 2.66 bits per heavy atom. The summed E-state index contributed by atoms with van der Waals surface area (Å²) in [5, 5.41) is 3.73. The fourth-order valence-electron chi connectivity index (χ4n) is 4.35. The predicted molar refractivity (Wildman–Crippen MR) is 119 cm³/mol. The molecule has 2 aromatic heterocycles. The van der Waals surface area contributed by atoms with Crippen molar-refractivity contribution in [2.24, 2.45) is 5.92 Å². The summed E-state index contributed by atoms with van der Waals surface area (Å²) in [4.78, 5) is 32.8. The van der Waals surface area contributed by atoms with E-state index >= 15 is 0 Å². The highest BCUT2D eigenvalue weighted by Gasteiger charge is 2.25. The molecular formula is C23H27N3O2S. The summed E-state index contributed by atoms with van der Waals surface area (Å²) < 4.78 is 1.47. The SMILES string of the molecule is Cc1cc(C)c(NC(=O)[C@H](C)n2cnc3sc4c(c3c2=O)CC[C@@H](C)C4)c(C)c1. The maximum Gasteiger partial charge on any atom is 0.263 e. The van der Waals surface area contributed by atoms with E-state index in [1.54, 1.807) is 18.3 Å². The number of aryl methyl sites for hydroxylation is 4. The molecule has 0 unspecified atom stereocenters. The molecule has 0 aliphatic heterocycles. The number of hydrogen-bond acceptors (Lipinski definition) is 4. The molecule has 0 bridgehead atoms. The van der Waals surface area contributed by atoms with Crippen molar-refractivity contribution in [3.63, 3.8) is 0 Å². The number of thiophene rings is 1. The van der Waals surface area contributed by atoms with Crippen LogP contribution in [0.5, 0.6) is 0 Å². The van der Waals surface area contributed by atoms with E-state index in [4.69, 9.17) is 0 Å². The number of rotatable bonds is 3. The third-order valence-corrected chi connectivity index (χ3v) is 7.13. The molecule has 1 aliphatic carbocycles. The number of hydrogen-bond donors (Lipinski definition) is 1. The molecule has 1 amide bonds. The van der Waals surface area contributed by atoms with Crippen LogP contribution in [-0.2, 0) is 17.6 Å². The fourth-order valence-corrected chi connectivity index (χ4v) is 5.69. The van der Waals surface area contributed by atoms with Gasteiger partial charge >= 0.3 is 0 Å². The van der Waals surface area contributed by atoms with Crippen LogP contribution in [0.2, 0.25) is 0 Å². The van der Waals surface area contributed by atoms with Gasteiger partial charge in [0.05, 0.1) is 11.7 Å². The third-order valence-electron chi connectivity index (χ3n) is 5.96. The van der Waals surface area contributed by atoms with Gasteiger partial charge in [0.2, 0.25) is 5.91 Å². The van der Waals surface area contributed by atoms with E-state index in [1.807, 2.05) is 32.9 Å². The first-order chi connectivity index (χ1) is 13.8. The normalized spacial score (nSPS) is 17.2. The minimum absolute atomic E-state index is 0.109. The van der Waals surface area contributed by atoms with E-state index in [1.165, 1.54) is 15.8 Å². The van der Waals surface area contributed by atoms with Crippen LogP contribution in [0.25, 0.3) is 10.2 Å². The van der Waals surface area contributed by atoms with Crippen molar-refractivity contribution in [3.8, 4) is 0 Å². The van der Waals surface area contributed by atoms with Crippen molar-refractivity contribution in [1.82, 2.24) is 9.55 Å². The summed E-state index contributed by atoms with van der Waals surface area (Å²) >= 11 is 1.63. The highest BCUT2D eigenvalue weighted by atomic mass is 32.1. The number of aromatic nitrogens is 2. The second-order valence-corrected chi connectivity index (χ2v) is 9.51. The van der Waals surface area contributed by atoms with Crippen molar-refractivity contribution in [3.05, 3.63) is 55.9 Å². The molecule has 1 aromatic carbocycles. The van der Waals surface area contributed by atoms with Crippen LogP contribution in [-0.4, -0.2) is 15.5 Å². The summed E-state index contributed by atoms with van der Waals surface area (Å²) in [5.74, 6) is 0.435. The quantitative estimate of drug-likeness (QED) is 0.681. The molecule has 6 heteroatoms. The monoisotopic (exact) mass is 409 g/mol. The molecule has 152 valence electrons. The Bertz CT molecular complexity index is 1150. The van der Waals surface area contributed by atoms with Gasteiger partial charge in [0.1, 0.15) is 10.9 Å². The van der Waals surface area contributed by atoms with Gasteiger partial charge < -0.3 is 5.32 Å². The lowest BCUT2D eigenvalue weighted by Crippen LogP contribution is -2.32. The molecule has 0 saturated carbocycles. The first kappa shape index (κ1) is 19.8. The number of nitrogens with zero attached hydrogens (tertiary/aromatic N) is 2. The fraction of sp³-hybridized carbons (Fsp3) is 0.435. The molecule has 1 N–H and O–H groups in total. The van der Waals surface area contributed by atoms with E-state index in [0.717, 1.165) is 52.0 Å². The molecule has 0 radical (unpaired) electrons. The van der Waals surface area contributed by atoms with Gasteiger partial charge in [-0.1, -0.05) is 24.6 Å². The summed E-state index contributed by atoms with van der Waals surface area (Å²) in [6, 6.07) is 3.45. The van der Waals surface area contributed by atoms with Crippen molar-refractivity contribution in [2.75, 3.05) is 5.32 Å². The van der Waals surface area contributed by atoms with Crippen LogP contribution < -0.4 is 10.9 Å². The van der Waals surface area contributed by atoms with E-state index in [9.17, 15) is 9.59 Å². The second-order valence-electron chi connectivity index (χ2n) is 8.43. The first-order valence-electron chi connectivity index (χ1n) is 10.2. The minimum atomic E-state index is -0.641. The lowest BCUT2D eigenvalue weighted by Gasteiger charge is -2.19. The van der Waals surface area contributed by atoms with Crippen molar-refractivity contribution < 1.29 is 4.79 Å². The first-order valence-corrected chi connectivity index (χ1v) is 11.0. The molecular weight excluding hydrogens is 382 g/mol. The van der Waals surface area contributed by atoms with Gasteiger partial charge in [-0.05, 0) is 69.6 Å². The standard InChI is InChI=1S/C23H27N3O2S/c1-12-6-7-17-18(10-12)29-22-19(17)23(28)26(11-24-22)16(5)21(27)25-20-14(3)8-13(2)9-15(20)4/h8-9,11-12,16H,6-7,10H2,1-5H3,(H,25,27)/t12-,16+/m1/s1. The number of anilines is 1. The van der Waals surface area contributed by atoms with Gasteiger partial charge in [-0.15, -0.1) is 11.3 Å². The predicted octanol–water partition coefficient (Wildman–Crippen LogP) is 4.71. The number of carbonyl (C=O) groups is 1. The molecule has 0 spiro atoms.